The number of benzene rings is 1. The Morgan fingerprint density at radius 1 is 1.32 bits per heavy atom. The standard InChI is InChI=1S/C15H19FN2O4/c1-11(15(20)18-6-8-21-9-7-18)17-14(19)10-22-13-4-2-12(16)3-5-13/h2-5,11H,6-10H2,1H3,(H,17,19)/t11-/m0/s1. The summed E-state index contributed by atoms with van der Waals surface area (Å²) < 4.78 is 23.1. The van der Waals surface area contributed by atoms with Crippen LogP contribution in [0.2, 0.25) is 0 Å². The van der Waals surface area contributed by atoms with Crippen LogP contribution in [0.4, 0.5) is 4.39 Å². The summed E-state index contributed by atoms with van der Waals surface area (Å²) in [5.74, 6) is -0.526. The predicted octanol–water partition coefficient (Wildman–Crippen LogP) is 0.568. The first kappa shape index (κ1) is 16.2. The van der Waals surface area contributed by atoms with Crippen LogP contribution in [0.25, 0.3) is 0 Å². The lowest BCUT2D eigenvalue weighted by Gasteiger charge is -2.29. The number of carbonyl (C=O) groups excluding carboxylic acids is 2. The molecule has 120 valence electrons. The van der Waals surface area contributed by atoms with Gasteiger partial charge in [-0.15, -0.1) is 0 Å². The molecule has 22 heavy (non-hydrogen) atoms. The third-order valence-electron chi connectivity index (χ3n) is 3.25. The molecule has 0 bridgehead atoms. The number of rotatable bonds is 5. The van der Waals surface area contributed by atoms with Crippen LogP contribution in [0.15, 0.2) is 24.3 Å². The Morgan fingerprint density at radius 3 is 2.59 bits per heavy atom. The van der Waals surface area contributed by atoms with Crippen LogP contribution in [-0.4, -0.2) is 55.7 Å². The molecule has 7 heteroatoms. The van der Waals surface area contributed by atoms with E-state index in [0.717, 1.165) is 0 Å². The van der Waals surface area contributed by atoms with Crippen molar-refractivity contribution < 1.29 is 23.5 Å². The second-order valence-corrected chi connectivity index (χ2v) is 4.97. The predicted molar refractivity (Wildman–Crippen MR) is 76.9 cm³/mol. The first-order chi connectivity index (χ1) is 10.6. The number of amides is 2. The molecule has 1 heterocycles. The van der Waals surface area contributed by atoms with Gasteiger partial charge in [0.05, 0.1) is 13.2 Å². The third kappa shape index (κ3) is 4.70. The van der Waals surface area contributed by atoms with Crippen molar-refractivity contribution in [3.8, 4) is 5.75 Å². The molecule has 0 radical (unpaired) electrons. The molecular weight excluding hydrogens is 291 g/mol. The molecule has 1 fully saturated rings. The van der Waals surface area contributed by atoms with Gasteiger partial charge in [0.25, 0.3) is 5.91 Å². The lowest BCUT2D eigenvalue weighted by molar-refractivity contribution is -0.139. The Hall–Kier alpha value is -2.15. The second kappa shape index (κ2) is 7.74. The topological polar surface area (TPSA) is 67.9 Å². The van der Waals surface area contributed by atoms with E-state index in [0.29, 0.717) is 32.1 Å². The summed E-state index contributed by atoms with van der Waals surface area (Å²) in [7, 11) is 0. The van der Waals surface area contributed by atoms with Gasteiger partial charge in [-0.1, -0.05) is 0 Å². The maximum Gasteiger partial charge on any atom is 0.258 e. The van der Waals surface area contributed by atoms with E-state index in [1.54, 1.807) is 11.8 Å². The van der Waals surface area contributed by atoms with Gasteiger partial charge in [0.1, 0.15) is 17.6 Å². The van der Waals surface area contributed by atoms with Crippen molar-refractivity contribution in [1.82, 2.24) is 10.2 Å². The van der Waals surface area contributed by atoms with Gasteiger partial charge >= 0.3 is 0 Å². The van der Waals surface area contributed by atoms with E-state index in [1.807, 2.05) is 0 Å². The molecule has 1 aliphatic rings. The molecule has 0 aromatic heterocycles. The van der Waals surface area contributed by atoms with Gasteiger partial charge in [-0.25, -0.2) is 4.39 Å². The molecule has 2 amide bonds. The zero-order valence-corrected chi connectivity index (χ0v) is 12.4. The SMILES string of the molecule is C[C@H](NC(=O)COc1ccc(F)cc1)C(=O)N1CCOCC1. The summed E-state index contributed by atoms with van der Waals surface area (Å²) in [6.07, 6.45) is 0. The van der Waals surface area contributed by atoms with E-state index in [9.17, 15) is 14.0 Å². The zero-order valence-electron chi connectivity index (χ0n) is 12.4. The highest BCUT2D eigenvalue weighted by atomic mass is 19.1. The van der Waals surface area contributed by atoms with Crippen molar-refractivity contribution in [1.29, 1.82) is 0 Å². The summed E-state index contributed by atoms with van der Waals surface area (Å²) in [6.45, 7) is 3.50. The molecule has 1 aliphatic heterocycles. The average molecular weight is 310 g/mol. The van der Waals surface area contributed by atoms with Crippen molar-refractivity contribution in [3.05, 3.63) is 30.1 Å². The van der Waals surface area contributed by atoms with Crippen LogP contribution in [0.5, 0.6) is 5.75 Å². The van der Waals surface area contributed by atoms with Gasteiger partial charge < -0.3 is 19.7 Å². The number of nitrogens with zero attached hydrogens (tertiary/aromatic N) is 1. The van der Waals surface area contributed by atoms with Crippen LogP contribution < -0.4 is 10.1 Å². The lowest BCUT2D eigenvalue weighted by Crippen LogP contribution is -2.51. The number of hydrogen-bond acceptors (Lipinski definition) is 4. The number of morpholine rings is 1. The Balaban J connectivity index is 1.75. The number of ether oxygens (including phenoxy) is 2. The number of nitrogens with one attached hydrogen (secondary N) is 1. The third-order valence-corrected chi connectivity index (χ3v) is 3.25. The smallest absolute Gasteiger partial charge is 0.258 e. The lowest BCUT2D eigenvalue weighted by atomic mass is 10.2. The molecule has 1 N–H and O–H groups in total. The number of halogens is 1. The highest BCUT2D eigenvalue weighted by molar-refractivity contribution is 5.87. The van der Waals surface area contributed by atoms with E-state index in [4.69, 9.17) is 9.47 Å². The van der Waals surface area contributed by atoms with Crippen LogP contribution in [0, 0.1) is 5.82 Å². The van der Waals surface area contributed by atoms with E-state index in [-0.39, 0.29) is 18.3 Å². The number of hydrogen-bond donors (Lipinski definition) is 1. The fraction of sp³-hybridized carbons (Fsp3) is 0.467. The normalized spacial score (nSPS) is 16.0. The highest BCUT2D eigenvalue weighted by Crippen LogP contribution is 2.10. The van der Waals surface area contributed by atoms with Gasteiger partial charge in [0.2, 0.25) is 5.91 Å². The highest BCUT2D eigenvalue weighted by Gasteiger charge is 2.23. The summed E-state index contributed by atoms with van der Waals surface area (Å²) in [5.41, 5.74) is 0. The maximum absolute atomic E-state index is 12.7. The molecule has 6 nitrogen and oxygen atoms in total. The minimum Gasteiger partial charge on any atom is -0.484 e. The Bertz CT molecular complexity index is 515. The van der Waals surface area contributed by atoms with E-state index in [1.165, 1.54) is 24.3 Å². The monoisotopic (exact) mass is 310 g/mol. The molecule has 1 atom stereocenters. The largest absolute Gasteiger partial charge is 0.484 e. The summed E-state index contributed by atoms with van der Waals surface area (Å²) >= 11 is 0. The Morgan fingerprint density at radius 2 is 1.95 bits per heavy atom. The summed E-state index contributed by atoms with van der Waals surface area (Å²) in [5, 5.41) is 2.59. The first-order valence-corrected chi connectivity index (χ1v) is 7.10. The summed E-state index contributed by atoms with van der Waals surface area (Å²) in [6, 6.07) is 4.74. The molecule has 0 saturated carbocycles. The molecule has 0 spiro atoms. The second-order valence-electron chi connectivity index (χ2n) is 4.97. The van der Waals surface area contributed by atoms with Crippen molar-refractivity contribution in [3.63, 3.8) is 0 Å². The van der Waals surface area contributed by atoms with Gasteiger partial charge in [0, 0.05) is 13.1 Å². The van der Waals surface area contributed by atoms with Gasteiger partial charge in [0.15, 0.2) is 6.61 Å². The molecule has 0 aliphatic carbocycles. The van der Waals surface area contributed by atoms with E-state index >= 15 is 0 Å². The molecule has 0 unspecified atom stereocenters. The van der Waals surface area contributed by atoms with Crippen molar-refractivity contribution >= 4 is 11.8 Å². The van der Waals surface area contributed by atoms with Gasteiger partial charge in [-0.05, 0) is 31.2 Å². The van der Waals surface area contributed by atoms with Gasteiger partial charge in [-0.3, -0.25) is 9.59 Å². The molecular formula is C15H19FN2O4. The Kier molecular flexibility index (Phi) is 5.71. The van der Waals surface area contributed by atoms with E-state index < -0.39 is 11.9 Å². The van der Waals surface area contributed by atoms with Crippen LogP contribution in [0.1, 0.15) is 6.92 Å². The quantitative estimate of drug-likeness (QED) is 0.863. The average Bonchev–Trinajstić information content (AvgIpc) is 2.54. The molecule has 1 saturated heterocycles. The fourth-order valence-corrected chi connectivity index (χ4v) is 2.08. The fourth-order valence-electron chi connectivity index (χ4n) is 2.08. The molecule has 1 aromatic carbocycles. The Labute approximate surface area is 128 Å². The maximum atomic E-state index is 12.7. The van der Waals surface area contributed by atoms with Crippen LogP contribution in [-0.2, 0) is 14.3 Å². The van der Waals surface area contributed by atoms with Crippen molar-refractivity contribution in [2.24, 2.45) is 0 Å². The zero-order chi connectivity index (χ0) is 15.9. The van der Waals surface area contributed by atoms with E-state index in [2.05, 4.69) is 5.32 Å². The molecule has 2 rings (SSSR count). The van der Waals surface area contributed by atoms with Crippen molar-refractivity contribution in [2.45, 2.75) is 13.0 Å². The first-order valence-electron chi connectivity index (χ1n) is 7.10. The minimum absolute atomic E-state index is 0.140. The van der Waals surface area contributed by atoms with Crippen LogP contribution in [0.3, 0.4) is 0 Å². The summed E-state index contributed by atoms with van der Waals surface area (Å²) in [4.78, 5) is 25.6. The molecule has 1 aromatic rings. The van der Waals surface area contributed by atoms with Gasteiger partial charge in [-0.2, -0.15) is 0 Å². The minimum atomic E-state index is -0.623. The number of carbonyl (C=O) groups is 2. The van der Waals surface area contributed by atoms with Crippen molar-refractivity contribution in [2.75, 3.05) is 32.9 Å². The van der Waals surface area contributed by atoms with Crippen LogP contribution >= 0.6 is 0 Å².